The van der Waals surface area contributed by atoms with E-state index in [1.807, 2.05) is 56.4 Å². The Morgan fingerprint density at radius 3 is 2.64 bits per heavy atom. The van der Waals surface area contributed by atoms with Crippen molar-refractivity contribution >= 4 is 22.5 Å². The highest BCUT2D eigenvalue weighted by atomic mass is 16.2. The molecule has 3 aromatic rings. The van der Waals surface area contributed by atoms with Gasteiger partial charge in [0.1, 0.15) is 6.54 Å². The standard InChI is InChI=1S/C19H20N4O2/c1-13-7-9-14(10-8-13)20-18(24)12-23(2)11-17-21-16-6-4-3-5-15(16)19(25)22-17/h3-10H,11-12H2,1-2H3,(H,20,24)(H,21,22,25)/p+1. The Labute approximate surface area is 145 Å². The highest BCUT2D eigenvalue weighted by Crippen LogP contribution is 2.08. The normalized spacial score (nSPS) is 12.1. The van der Waals surface area contributed by atoms with E-state index >= 15 is 0 Å². The Balaban J connectivity index is 1.64. The van der Waals surface area contributed by atoms with Crippen molar-refractivity contribution in [2.45, 2.75) is 13.5 Å². The molecule has 1 unspecified atom stereocenters. The Kier molecular flexibility index (Phi) is 4.90. The minimum atomic E-state index is -0.155. The van der Waals surface area contributed by atoms with Crippen molar-refractivity contribution < 1.29 is 9.69 Å². The number of nitrogens with zero attached hydrogens (tertiary/aromatic N) is 1. The molecule has 1 atom stereocenters. The lowest BCUT2D eigenvalue weighted by molar-refractivity contribution is -0.885. The Morgan fingerprint density at radius 2 is 1.88 bits per heavy atom. The highest BCUT2D eigenvalue weighted by molar-refractivity contribution is 5.91. The number of benzene rings is 2. The fraction of sp³-hybridized carbons (Fsp3) is 0.211. The largest absolute Gasteiger partial charge is 0.323 e. The second kappa shape index (κ2) is 7.27. The summed E-state index contributed by atoms with van der Waals surface area (Å²) in [6, 6.07) is 14.9. The molecule has 3 rings (SSSR count). The third kappa shape index (κ3) is 4.30. The Morgan fingerprint density at radius 1 is 1.16 bits per heavy atom. The van der Waals surface area contributed by atoms with E-state index in [1.54, 1.807) is 6.07 Å². The molecule has 6 nitrogen and oxygen atoms in total. The molecule has 0 aliphatic carbocycles. The SMILES string of the molecule is Cc1ccc(NC(=O)C[NH+](C)Cc2nc3ccccc3c(=O)[nH]2)cc1. The third-order valence-electron chi connectivity index (χ3n) is 3.93. The molecule has 0 bridgehead atoms. The van der Waals surface area contributed by atoms with Gasteiger partial charge in [-0.1, -0.05) is 29.8 Å². The number of carbonyl (C=O) groups is 1. The predicted octanol–water partition coefficient (Wildman–Crippen LogP) is 0.885. The number of carbonyl (C=O) groups excluding carboxylic acids is 1. The minimum absolute atomic E-state index is 0.0792. The summed E-state index contributed by atoms with van der Waals surface area (Å²) < 4.78 is 0. The van der Waals surface area contributed by atoms with Crippen molar-refractivity contribution in [3.8, 4) is 0 Å². The maximum atomic E-state index is 12.2. The van der Waals surface area contributed by atoms with Crippen molar-refractivity contribution in [3.05, 3.63) is 70.3 Å². The number of aryl methyl sites for hydroxylation is 1. The summed E-state index contributed by atoms with van der Waals surface area (Å²) in [5, 5.41) is 3.45. The van der Waals surface area contributed by atoms with Gasteiger partial charge in [0.25, 0.3) is 11.5 Å². The monoisotopic (exact) mass is 337 g/mol. The number of aromatic nitrogens is 2. The number of hydrogen-bond donors (Lipinski definition) is 3. The molecule has 2 aromatic carbocycles. The van der Waals surface area contributed by atoms with E-state index in [0.29, 0.717) is 23.3 Å². The van der Waals surface area contributed by atoms with Crippen LogP contribution in [0.2, 0.25) is 0 Å². The quantitative estimate of drug-likeness (QED) is 0.647. The van der Waals surface area contributed by atoms with Crippen molar-refractivity contribution in [1.29, 1.82) is 0 Å². The Bertz CT molecular complexity index is 948. The molecule has 0 spiro atoms. The van der Waals surface area contributed by atoms with Crippen LogP contribution in [0.3, 0.4) is 0 Å². The van der Waals surface area contributed by atoms with E-state index in [4.69, 9.17) is 0 Å². The number of H-pyrrole nitrogens is 1. The minimum Gasteiger partial charge on any atom is -0.323 e. The molecule has 0 saturated heterocycles. The van der Waals surface area contributed by atoms with Gasteiger partial charge in [-0.2, -0.15) is 0 Å². The van der Waals surface area contributed by atoms with Crippen LogP contribution in [0.15, 0.2) is 53.3 Å². The predicted molar refractivity (Wildman–Crippen MR) is 97.6 cm³/mol. The molecular formula is C19H21N4O2+. The fourth-order valence-electron chi connectivity index (χ4n) is 2.68. The summed E-state index contributed by atoms with van der Waals surface area (Å²) in [7, 11) is 1.89. The first kappa shape index (κ1) is 16.9. The van der Waals surface area contributed by atoms with E-state index in [2.05, 4.69) is 15.3 Å². The number of nitrogens with one attached hydrogen (secondary N) is 3. The van der Waals surface area contributed by atoms with Crippen molar-refractivity contribution in [2.75, 3.05) is 18.9 Å². The van der Waals surface area contributed by atoms with E-state index < -0.39 is 0 Å². The first-order valence-corrected chi connectivity index (χ1v) is 8.17. The van der Waals surface area contributed by atoms with Gasteiger partial charge in [0.15, 0.2) is 12.4 Å². The van der Waals surface area contributed by atoms with E-state index in [9.17, 15) is 9.59 Å². The zero-order valence-electron chi connectivity index (χ0n) is 14.3. The van der Waals surface area contributed by atoms with Crippen LogP contribution in [0.1, 0.15) is 11.4 Å². The van der Waals surface area contributed by atoms with Crippen LogP contribution >= 0.6 is 0 Å². The summed E-state index contributed by atoms with van der Waals surface area (Å²) in [4.78, 5) is 32.4. The number of amides is 1. The highest BCUT2D eigenvalue weighted by Gasteiger charge is 2.13. The van der Waals surface area contributed by atoms with Gasteiger partial charge < -0.3 is 15.2 Å². The summed E-state index contributed by atoms with van der Waals surface area (Å²) in [5.41, 5.74) is 2.43. The van der Waals surface area contributed by atoms with Crippen molar-refractivity contribution in [2.24, 2.45) is 0 Å². The van der Waals surface area contributed by atoms with Gasteiger partial charge in [-0.15, -0.1) is 0 Å². The van der Waals surface area contributed by atoms with Gasteiger partial charge >= 0.3 is 0 Å². The first-order valence-electron chi connectivity index (χ1n) is 8.17. The first-order chi connectivity index (χ1) is 12.0. The third-order valence-corrected chi connectivity index (χ3v) is 3.93. The van der Waals surface area contributed by atoms with Gasteiger partial charge in [0, 0.05) is 5.69 Å². The number of para-hydroxylation sites is 1. The van der Waals surface area contributed by atoms with E-state index in [0.717, 1.165) is 16.2 Å². The topological polar surface area (TPSA) is 79.3 Å². The number of aromatic amines is 1. The second-order valence-electron chi connectivity index (χ2n) is 6.25. The van der Waals surface area contributed by atoms with E-state index in [1.165, 1.54) is 0 Å². The molecule has 1 aromatic heterocycles. The van der Waals surface area contributed by atoms with Gasteiger partial charge in [-0.05, 0) is 31.2 Å². The van der Waals surface area contributed by atoms with Crippen LogP contribution < -0.4 is 15.8 Å². The Hall–Kier alpha value is -2.99. The van der Waals surface area contributed by atoms with Crippen LogP contribution in [-0.2, 0) is 11.3 Å². The number of rotatable bonds is 5. The van der Waals surface area contributed by atoms with Gasteiger partial charge in [0.2, 0.25) is 0 Å². The maximum Gasteiger partial charge on any atom is 0.279 e. The van der Waals surface area contributed by atoms with Gasteiger partial charge in [-0.3, -0.25) is 9.59 Å². The molecule has 0 aliphatic rings. The van der Waals surface area contributed by atoms with Gasteiger partial charge in [0.05, 0.1) is 18.0 Å². The molecule has 0 radical (unpaired) electrons. The zero-order valence-corrected chi connectivity index (χ0v) is 14.3. The number of hydrogen-bond acceptors (Lipinski definition) is 3. The van der Waals surface area contributed by atoms with Crippen molar-refractivity contribution in [1.82, 2.24) is 9.97 Å². The smallest absolute Gasteiger partial charge is 0.279 e. The molecule has 1 amide bonds. The lowest BCUT2D eigenvalue weighted by Gasteiger charge is -2.13. The molecule has 3 N–H and O–H groups in total. The molecule has 25 heavy (non-hydrogen) atoms. The number of fused-ring (bicyclic) bond motifs is 1. The van der Waals surface area contributed by atoms with Crippen LogP contribution in [0.25, 0.3) is 10.9 Å². The summed E-state index contributed by atoms with van der Waals surface area (Å²) in [5.74, 6) is 0.494. The molecular weight excluding hydrogens is 316 g/mol. The van der Waals surface area contributed by atoms with Crippen LogP contribution in [0, 0.1) is 6.92 Å². The molecule has 128 valence electrons. The molecule has 0 saturated carbocycles. The van der Waals surface area contributed by atoms with Crippen LogP contribution in [0.5, 0.6) is 0 Å². The zero-order chi connectivity index (χ0) is 17.8. The summed E-state index contributed by atoms with van der Waals surface area (Å²) >= 11 is 0. The van der Waals surface area contributed by atoms with E-state index in [-0.39, 0.29) is 18.0 Å². The number of quaternary nitrogens is 1. The van der Waals surface area contributed by atoms with Crippen molar-refractivity contribution in [3.63, 3.8) is 0 Å². The average molecular weight is 337 g/mol. The van der Waals surface area contributed by atoms with Crippen LogP contribution in [0.4, 0.5) is 5.69 Å². The molecule has 6 heteroatoms. The summed E-state index contributed by atoms with van der Waals surface area (Å²) in [6.45, 7) is 2.74. The lowest BCUT2D eigenvalue weighted by Crippen LogP contribution is -3.08. The lowest BCUT2D eigenvalue weighted by atomic mass is 10.2. The second-order valence-corrected chi connectivity index (χ2v) is 6.25. The summed E-state index contributed by atoms with van der Waals surface area (Å²) in [6.07, 6.45) is 0. The van der Waals surface area contributed by atoms with Gasteiger partial charge in [-0.25, -0.2) is 4.98 Å². The molecule has 0 fully saturated rings. The number of anilines is 1. The number of likely N-dealkylation sites (N-methyl/N-ethyl adjacent to an activating group) is 1. The molecule has 0 aliphatic heterocycles. The maximum absolute atomic E-state index is 12.2. The fourth-order valence-corrected chi connectivity index (χ4v) is 2.68. The molecule has 1 heterocycles. The van der Waals surface area contributed by atoms with Crippen LogP contribution in [-0.4, -0.2) is 29.5 Å². The average Bonchev–Trinajstić information content (AvgIpc) is 2.57.